The summed E-state index contributed by atoms with van der Waals surface area (Å²) in [6.07, 6.45) is 1.51. The van der Waals surface area contributed by atoms with E-state index in [1.54, 1.807) is 34.9 Å². The molecule has 10 heteroatoms. The Morgan fingerprint density at radius 2 is 0.833 bits per heavy atom. The highest BCUT2D eigenvalue weighted by Gasteiger charge is 2.09. The van der Waals surface area contributed by atoms with E-state index in [9.17, 15) is 19.2 Å². The van der Waals surface area contributed by atoms with Crippen LogP contribution in [0, 0.1) is 11.8 Å². The average molecular weight is 677 g/mol. The average Bonchev–Trinajstić information content (AvgIpc) is 2.73. The SMILES string of the molecule is C.CC.CC.CC(=O)C(C)C.CC(=O)C(C)C.CCC(NC)C(=O)O.CCC(NC)C(C)=O.I.P.P. The first-order valence-corrected chi connectivity index (χ1v) is 11.8. The van der Waals surface area contributed by atoms with Crippen LogP contribution in [0.25, 0.3) is 0 Å². The molecule has 0 aromatic heterocycles. The summed E-state index contributed by atoms with van der Waals surface area (Å²) in [5.41, 5.74) is 0. The van der Waals surface area contributed by atoms with Crippen LogP contribution in [0.3, 0.4) is 0 Å². The van der Waals surface area contributed by atoms with E-state index < -0.39 is 5.97 Å². The molecule has 36 heavy (non-hydrogen) atoms. The number of nitrogens with one attached hydrogen (secondary N) is 2. The molecule has 0 rings (SSSR count). The first-order valence-electron chi connectivity index (χ1n) is 11.8. The molecule has 0 amide bonds. The molecule has 3 N–H and O–H groups in total. The Balaban J connectivity index is -0.0000000290. The van der Waals surface area contributed by atoms with Gasteiger partial charge in [0.25, 0.3) is 0 Å². The topological polar surface area (TPSA) is 113 Å². The third-order valence-electron chi connectivity index (χ3n) is 3.93. The molecule has 0 aromatic rings. The van der Waals surface area contributed by atoms with Crippen LogP contribution in [0.1, 0.15) is 110 Å². The van der Waals surface area contributed by atoms with E-state index in [4.69, 9.17) is 5.11 Å². The minimum Gasteiger partial charge on any atom is -0.480 e. The van der Waals surface area contributed by atoms with Gasteiger partial charge in [0.2, 0.25) is 0 Å². The lowest BCUT2D eigenvalue weighted by atomic mass is 10.1. The zero-order chi connectivity index (χ0) is 27.4. The van der Waals surface area contributed by atoms with E-state index in [1.165, 1.54) is 0 Å². The smallest absolute Gasteiger partial charge is 0.320 e. The second-order valence-electron chi connectivity index (χ2n) is 6.98. The van der Waals surface area contributed by atoms with Crippen LogP contribution in [0.5, 0.6) is 0 Å². The maximum absolute atomic E-state index is 10.5. The van der Waals surface area contributed by atoms with Gasteiger partial charge in [0.05, 0.1) is 6.04 Å². The Morgan fingerprint density at radius 1 is 0.639 bits per heavy atom. The van der Waals surface area contributed by atoms with Crippen LogP contribution in [0.15, 0.2) is 0 Å². The van der Waals surface area contributed by atoms with E-state index in [2.05, 4.69) is 10.6 Å². The van der Waals surface area contributed by atoms with Crippen molar-refractivity contribution >= 4 is 67.1 Å². The molecule has 0 aliphatic carbocycles. The quantitative estimate of drug-likeness (QED) is 0.198. The third kappa shape index (κ3) is 64.3. The largest absolute Gasteiger partial charge is 0.480 e. The van der Waals surface area contributed by atoms with Gasteiger partial charge in [-0.05, 0) is 47.7 Å². The van der Waals surface area contributed by atoms with E-state index in [1.807, 2.05) is 69.2 Å². The molecule has 4 atom stereocenters. The van der Waals surface area contributed by atoms with Crippen molar-refractivity contribution in [2.24, 2.45) is 11.8 Å². The molecule has 0 radical (unpaired) electrons. The first kappa shape index (κ1) is 65.2. The molecule has 0 heterocycles. The number of aliphatic carboxylic acids is 1. The molecule has 0 aliphatic rings. The summed E-state index contributed by atoms with van der Waals surface area (Å²) in [6, 6.07) is -0.315. The van der Waals surface area contributed by atoms with Crippen LogP contribution in [0.4, 0.5) is 0 Å². The van der Waals surface area contributed by atoms with Gasteiger partial charge in [-0.3, -0.25) is 19.2 Å². The number of hydrogen-bond acceptors (Lipinski definition) is 6. The summed E-state index contributed by atoms with van der Waals surface area (Å²) in [5, 5.41) is 13.9. The van der Waals surface area contributed by atoms with Crippen LogP contribution < -0.4 is 10.6 Å². The lowest BCUT2D eigenvalue weighted by molar-refractivity contribution is -0.139. The first-order chi connectivity index (χ1) is 14.7. The number of hydrogen-bond donors (Lipinski definition) is 3. The standard InChI is InChI=1S/C6H13NO.C5H11NO2.2C5H10O.2C2H6.CH4.HI.2H3P/c1-4-6(7-3)5(2)8;1-3-4(6-2)5(7)8;2*1-4(2)5(3)6;2*1-2;;;;/h6-7H,4H2,1-3H3;4,6H,3H2,1-2H3,(H,7,8);2*4H,1-3H3;2*1-2H3;1H4;1H;2*1H3. The molecule has 0 bridgehead atoms. The summed E-state index contributed by atoms with van der Waals surface area (Å²) in [7, 11) is 3.44. The lowest BCUT2D eigenvalue weighted by Crippen LogP contribution is -2.32. The van der Waals surface area contributed by atoms with Crippen LogP contribution >= 0.6 is 43.8 Å². The van der Waals surface area contributed by atoms with E-state index in [-0.39, 0.29) is 92.5 Å². The van der Waals surface area contributed by atoms with Crippen molar-refractivity contribution in [2.45, 2.75) is 122 Å². The minimum absolute atomic E-state index is 0. The van der Waals surface area contributed by atoms with Crippen LogP contribution in [-0.4, -0.2) is 54.6 Å². The van der Waals surface area contributed by atoms with Gasteiger partial charge < -0.3 is 15.7 Å². The number of carbonyl (C=O) groups is 4. The molecule has 0 spiro atoms. The Bertz CT molecular complexity index is 406. The molecule has 4 unspecified atom stereocenters. The van der Waals surface area contributed by atoms with Crippen LogP contribution in [-0.2, 0) is 19.2 Å². The molecular formula is C26H67IN2O5P2. The fourth-order valence-corrected chi connectivity index (χ4v) is 1.20. The van der Waals surface area contributed by atoms with Crippen LogP contribution in [0.2, 0.25) is 0 Å². The molecule has 0 fully saturated rings. The van der Waals surface area contributed by atoms with Crippen molar-refractivity contribution in [3.63, 3.8) is 0 Å². The molecule has 228 valence electrons. The minimum atomic E-state index is -0.782. The zero-order valence-corrected chi connectivity index (χ0v) is 30.8. The molecule has 0 saturated carbocycles. The fraction of sp³-hybridized carbons (Fsp3) is 0.846. The van der Waals surface area contributed by atoms with Crippen molar-refractivity contribution in [1.82, 2.24) is 10.6 Å². The van der Waals surface area contributed by atoms with Crippen molar-refractivity contribution in [3.8, 4) is 0 Å². The number of carbonyl (C=O) groups excluding carboxylic acids is 3. The van der Waals surface area contributed by atoms with Crippen molar-refractivity contribution < 1.29 is 24.3 Å². The molecule has 0 aromatic carbocycles. The summed E-state index contributed by atoms with van der Waals surface area (Å²) in [6.45, 7) is 24.2. The predicted molar refractivity (Wildman–Crippen MR) is 183 cm³/mol. The maximum atomic E-state index is 10.5. The van der Waals surface area contributed by atoms with Gasteiger partial charge in [0.1, 0.15) is 23.4 Å². The maximum Gasteiger partial charge on any atom is 0.320 e. The lowest BCUT2D eigenvalue weighted by Gasteiger charge is -2.07. The summed E-state index contributed by atoms with van der Waals surface area (Å²) >= 11 is 0. The van der Waals surface area contributed by atoms with E-state index >= 15 is 0 Å². The van der Waals surface area contributed by atoms with Crippen molar-refractivity contribution in [2.75, 3.05) is 14.1 Å². The van der Waals surface area contributed by atoms with Crippen molar-refractivity contribution in [3.05, 3.63) is 0 Å². The van der Waals surface area contributed by atoms with Gasteiger partial charge >= 0.3 is 5.97 Å². The normalized spacial score (nSPS) is 9.36. The Hall–Kier alpha value is -0.01000. The predicted octanol–water partition coefficient (Wildman–Crippen LogP) is 6.53. The summed E-state index contributed by atoms with van der Waals surface area (Å²) < 4.78 is 0. The van der Waals surface area contributed by atoms with Gasteiger partial charge in [-0.1, -0.05) is 76.7 Å². The Morgan fingerprint density at radius 3 is 0.833 bits per heavy atom. The highest BCUT2D eigenvalue weighted by molar-refractivity contribution is 14.0. The highest BCUT2D eigenvalue weighted by atomic mass is 127. The summed E-state index contributed by atoms with van der Waals surface area (Å²) in [4.78, 5) is 40.9. The second-order valence-corrected chi connectivity index (χ2v) is 6.98. The van der Waals surface area contributed by atoms with Gasteiger partial charge in [-0.25, -0.2) is 0 Å². The van der Waals surface area contributed by atoms with Gasteiger partial charge in [0.15, 0.2) is 0 Å². The number of carboxylic acids is 1. The number of carboxylic acid groups (broad SMARTS) is 1. The number of ketones is 3. The van der Waals surface area contributed by atoms with E-state index in [0.717, 1.165) is 6.42 Å². The Labute approximate surface area is 249 Å². The molecular weight excluding hydrogens is 609 g/mol. The molecule has 0 aliphatic heterocycles. The number of likely N-dealkylation sites (N-methyl/N-ethyl adjacent to an activating group) is 2. The third-order valence-corrected chi connectivity index (χ3v) is 3.93. The highest BCUT2D eigenvalue weighted by Crippen LogP contribution is 1.90. The monoisotopic (exact) mass is 676 g/mol. The number of rotatable bonds is 8. The van der Waals surface area contributed by atoms with Gasteiger partial charge in [-0.15, -0.1) is 24.0 Å². The Kier molecular flexibility index (Phi) is 93.5. The zero-order valence-electron chi connectivity index (χ0n) is 25.6. The number of halogens is 1. The fourth-order valence-electron chi connectivity index (χ4n) is 1.20. The second kappa shape index (κ2) is 51.6. The summed E-state index contributed by atoms with van der Waals surface area (Å²) in [5.74, 6) is 0.380. The van der Waals surface area contributed by atoms with E-state index in [0.29, 0.717) is 6.42 Å². The van der Waals surface area contributed by atoms with Crippen molar-refractivity contribution in [1.29, 1.82) is 0 Å². The molecule has 7 nitrogen and oxygen atoms in total. The van der Waals surface area contributed by atoms with Gasteiger partial charge in [-0.2, -0.15) is 19.8 Å². The molecule has 0 saturated heterocycles. The van der Waals surface area contributed by atoms with Gasteiger partial charge in [0, 0.05) is 11.8 Å². The number of Topliss-reactive ketones (excluding diaryl/α,β-unsaturated/α-hetero) is 3.